The number of rotatable bonds is 3. The molecule has 2 rings (SSSR count). The van der Waals surface area contributed by atoms with E-state index in [0.29, 0.717) is 18.0 Å². The predicted octanol–water partition coefficient (Wildman–Crippen LogP) is 1.69. The first-order valence-corrected chi connectivity index (χ1v) is 7.51. The minimum absolute atomic E-state index is 0.0719. The summed E-state index contributed by atoms with van der Waals surface area (Å²) in [6.45, 7) is 5.06. The van der Waals surface area contributed by atoms with Crippen molar-refractivity contribution in [3.05, 3.63) is 10.6 Å². The lowest BCUT2D eigenvalue weighted by atomic mass is 9.98. The van der Waals surface area contributed by atoms with Crippen molar-refractivity contribution in [3.8, 4) is 0 Å². The summed E-state index contributed by atoms with van der Waals surface area (Å²) in [7, 11) is 1.38. The Hall–Kier alpha value is -1.50. The Balaban J connectivity index is 2.12. The summed E-state index contributed by atoms with van der Waals surface area (Å²) in [5, 5.41) is 4.03. The molecule has 1 aliphatic heterocycles. The van der Waals surface area contributed by atoms with Crippen molar-refractivity contribution in [2.75, 3.05) is 20.2 Å². The van der Waals surface area contributed by atoms with Gasteiger partial charge in [-0.25, -0.2) is 0 Å². The number of piperidine rings is 1. The first-order chi connectivity index (χ1) is 9.54. The van der Waals surface area contributed by atoms with Gasteiger partial charge in [0.1, 0.15) is 4.88 Å². The van der Waals surface area contributed by atoms with Gasteiger partial charge in [0.15, 0.2) is 0 Å². The molecule has 1 aliphatic rings. The first-order valence-electron chi connectivity index (χ1n) is 6.74. The van der Waals surface area contributed by atoms with Gasteiger partial charge in [0.25, 0.3) is 5.91 Å². The van der Waals surface area contributed by atoms with Crippen LogP contribution in [0.25, 0.3) is 0 Å². The Morgan fingerprint density at radius 3 is 2.85 bits per heavy atom. The van der Waals surface area contributed by atoms with Crippen molar-refractivity contribution in [2.24, 2.45) is 5.92 Å². The monoisotopic (exact) mass is 297 g/mol. The number of likely N-dealkylation sites (tertiary alicyclic amines) is 1. The van der Waals surface area contributed by atoms with Crippen LogP contribution in [-0.2, 0) is 9.53 Å². The second kappa shape index (κ2) is 6.30. The highest BCUT2D eigenvalue weighted by Crippen LogP contribution is 2.24. The van der Waals surface area contributed by atoms with E-state index in [1.165, 1.54) is 7.11 Å². The van der Waals surface area contributed by atoms with E-state index in [4.69, 9.17) is 4.74 Å². The summed E-state index contributed by atoms with van der Waals surface area (Å²) in [5.41, 5.74) is 0.736. The molecule has 0 unspecified atom stereocenters. The van der Waals surface area contributed by atoms with E-state index in [0.717, 1.165) is 30.1 Å². The van der Waals surface area contributed by atoms with Crippen LogP contribution in [0.5, 0.6) is 0 Å². The van der Waals surface area contributed by atoms with Crippen LogP contribution < -0.4 is 0 Å². The van der Waals surface area contributed by atoms with E-state index in [-0.39, 0.29) is 23.7 Å². The van der Waals surface area contributed by atoms with Crippen molar-refractivity contribution < 1.29 is 14.3 Å². The van der Waals surface area contributed by atoms with Crippen molar-refractivity contribution >= 4 is 23.4 Å². The van der Waals surface area contributed by atoms with Crippen LogP contribution in [0, 0.1) is 5.92 Å². The van der Waals surface area contributed by atoms with Gasteiger partial charge in [0.05, 0.1) is 18.7 Å². The summed E-state index contributed by atoms with van der Waals surface area (Å²) in [4.78, 5) is 26.5. The SMILES string of the molecule is COC(=O)[C@H]1CCCN(C(=O)c2snnc2C(C)C)C1. The quantitative estimate of drug-likeness (QED) is 0.794. The molecule has 1 amide bonds. The fraction of sp³-hybridized carbons (Fsp3) is 0.692. The van der Waals surface area contributed by atoms with Gasteiger partial charge in [0, 0.05) is 13.1 Å². The Kier molecular flexibility index (Phi) is 4.69. The normalized spacial score (nSPS) is 19.2. The zero-order valence-electron chi connectivity index (χ0n) is 12.0. The molecular formula is C13H19N3O3S. The molecule has 0 spiro atoms. The van der Waals surface area contributed by atoms with Gasteiger partial charge < -0.3 is 9.64 Å². The van der Waals surface area contributed by atoms with Crippen LogP contribution >= 0.6 is 11.5 Å². The standard InChI is InChI=1S/C13H19N3O3S/c1-8(2)10-11(20-15-14-10)12(17)16-6-4-5-9(7-16)13(18)19-3/h8-9H,4-7H2,1-3H3/t9-/m0/s1. The number of esters is 1. The lowest BCUT2D eigenvalue weighted by molar-refractivity contribution is -0.146. The number of carbonyl (C=O) groups is 2. The highest BCUT2D eigenvalue weighted by atomic mass is 32.1. The number of ether oxygens (including phenoxy) is 1. The van der Waals surface area contributed by atoms with E-state index in [2.05, 4.69) is 9.59 Å². The Morgan fingerprint density at radius 2 is 2.20 bits per heavy atom. The predicted molar refractivity (Wildman–Crippen MR) is 74.6 cm³/mol. The second-order valence-electron chi connectivity index (χ2n) is 5.26. The molecule has 110 valence electrons. The molecule has 0 aromatic carbocycles. The Morgan fingerprint density at radius 1 is 1.45 bits per heavy atom. The van der Waals surface area contributed by atoms with Gasteiger partial charge in [-0.1, -0.05) is 18.3 Å². The molecule has 0 saturated carbocycles. The summed E-state index contributed by atoms with van der Waals surface area (Å²) in [6, 6.07) is 0. The Bertz CT molecular complexity index is 501. The van der Waals surface area contributed by atoms with Crippen LogP contribution in [0.1, 0.15) is 48.0 Å². The third kappa shape index (κ3) is 2.98. The van der Waals surface area contributed by atoms with Crippen molar-refractivity contribution in [3.63, 3.8) is 0 Å². The van der Waals surface area contributed by atoms with Crippen molar-refractivity contribution in [2.45, 2.75) is 32.6 Å². The van der Waals surface area contributed by atoms with Crippen molar-refractivity contribution in [1.82, 2.24) is 14.5 Å². The van der Waals surface area contributed by atoms with E-state index >= 15 is 0 Å². The minimum atomic E-state index is -0.242. The van der Waals surface area contributed by atoms with Gasteiger partial charge >= 0.3 is 5.97 Å². The van der Waals surface area contributed by atoms with Gasteiger partial charge in [-0.3, -0.25) is 9.59 Å². The number of hydrogen-bond acceptors (Lipinski definition) is 6. The summed E-state index contributed by atoms with van der Waals surface area (Å²) >= 11 is 1.13. The fourth-order valence-corrected chi connectivity index (χ4v) is 3.18. The zero-order valence-corrected chi connectivity index (χ0v) is 12.8. The highest BCUT2D eigenvalue weighted by Gasteiger charge is 2.31. The topological polar surface area (TPSA) is 72.4 Å². The molecule has 2 heterocycles. The van der Waals surface area contributed by atoms with Gasteiger partial charge in [0.2, 0.25) is 0 Å². The second-order valence-corrected chi connectivity index (χ2v) is 6.01. The van der Waals surface area contributed by atoms with E-state index < -0.39 is 0 Å². The minimum Gasteiger partial charge on any atom is -0.469 e. The molecule has 1 atom stereocenters. The van der Waals surface area contributed by atoms with Gasteiger partial charge in [-0.2, -0.15) is 0 Å². The lowest BCUT2D eigenvalue weighted by Crippen LogP contribution is -2.42. The summed E-state index contributed by atoms with van der Waals surface area (Å²) in [5.74, 6) is -0.374. The first kappa shape index (κ1) is 14.9. The highest BCUT2D eigenvalue weighted by molar-refractivity contribution is 7.08. The molecule has 6 nitrogen and oxygen atoms in total. The maximum absolute atomic E-state index is 12.5. The number of amides is 1. The number of hydrogen-bond donors (Lipinski definition) is 0. The van der Waals surface area contributed by atoms with Crippen LogP contribution in [0.4, 0.5) is 0 Å². The number of carbonyl (C=O) groups excluding carboxylic acids is 2. The molecule has 20 heavy (non-hydrogen) atoms. The third-order valence-electron chi connectivity index (χ3n) is 3.50. The summed E-state index contributed by atoms with van der Waals surface area (Å²) < 4.78 is 8.65. The number of aromatic nitrogens is 2. The van der Waals surface area contributed by atoms with Gasteiger partial charge in [-0.15, -0.1) is 5.10 Å². The molecule has 1 aromatic rings. The number of methoxy groups -OCH3 is 1. The molecular weight excluding hydrogens is 278 g/mol. The van der Waals surface area contributed by atoms with Crippen LogP contribution in [0.2, 0.25) is 0 Å². The van der Waals surface area contributed by atoms with Gasteiger partial charge in [-0.05, 0) is 30.3 Å². The molecule has 0 bridgehead atoms. The smallest absolute Gasteiger partial charge is 0.310 e. The molecule has 1 fully saturated rings. The molecule has 1 aromatic heterocycles. The lowest BCUT2D eigenvalue weighted by Gasteiger charge is -2.31. The molecule has 7 heteroatoms. The average molecular weight is 297 g/mol. The maximum Gasteiger partial charge on any atom is 0.310 e. The van der Waals surface area contributed by atoms with E-state index in [1.807, 2.05) is 13.8 Å². The largest absolute Gasteiger partial charge is 0.469 e. The fourth-order valence-electron chi connectivity index (χ4n) is 2.39. The molecule has 0 aliphatic carbocycles. The average Bonchev–Trinajstić information content (AvgIpc) is 2.95. The zero-order chi connectivity index (χ0) is 14.7. The third-order valence-corrected chi connectivity index (χ3v) is 4.23. The molecule has 1 saturated heterocycles. The molecule has 0 N–H and O–H groups in total. The number of nitrogens with zero attached hydrogens (tertiary/aromatic N) is 3. The van der Waals surface area contributed by atoms with Crippen molar-refractivity contribution in [1.29, 1.82) is 0 Å². The van der Waals surface area contributed by atoms with Crippen LogP contribution in [0.15, 0.2) is 0 Å². The van der Waals surface area contributed by atoms with E-state index in [9.17, 15) is 9.59 Å². The summed E-state index contributed by atoms with van der Waals surface area (Å²) in [6.07, 6.45) is 1.59. The molecule has 0 radical (unpaired) electrons. The Labute approximate surface area is 122 Å². The maximum atomic E-state index is 12.5. The van der Waals surface area contributed by atoms with E-state index in [1.54, 1.807) is 4.90 Å². The van der Waals surface area contributed by atoms with Crippen LogP contribution in [0.3, 0.4) is 0 Å². The van der Waals surface area contributed by atoms with Crippen LogP contribution in [-0.4, -0.2) is 46.6 Å².